The fourth-order valence-corrected chi connectivity index (χ4v) is 1.23. The van der Waals surface area contributed by atoms with E-state index in [0.29, 0.717) is 18.8 Å². The first-order chi connectivity index (χ1) is 8.04. The molecule has 1 amide bonds. The van der Waals surface area contributed by atoms with Crippen LogP contribution >= 0.6 is 0 Å². The molecule has 0 aliphatic rings. The van der Waals surface area contributed by atoms with Gasteiger partial charge >= 0.3 is 0 Å². The van der Waals surface area contributed by atoms with Crippen molar-refractivity contribution in [2.45, 2.75) is 19.5 Å². The summed E-state index contributed by atoms with van der Waals surface area (Å²) >= 11 is 0. The van der Waals surface area contributed by atoms with Gasteiger partial charge < -0.3 is 20.4 Å². The predicted octanol–water partition coefficient (Wildman–Crippen LogP) is -0.220. The van der Waals surface area contributed by atoms with E-state index in [-0.39, 0.29) is 11.5 Å². The maximum absolute atomic E-state index is 11.5. The normalized spacial score (nSPS) is 12.2. The second kappa shape index (κ2) is 6.17. The molecule has 0 radical (unpaired) electrons. The quantitative estimate of drug-likeness (QED) is 0.743. The highest BCUT2D eigenvalue weighted by atomic mass is 16.5. The minimum atomic E-state index is -0.589. The van der Waals surface area contributed by atoms with Gasteiger partial charge in [-0.2, -0.15) is 0 Å². The summed E-state index contributed by atoms with van der Waals surface area (Å²) in [6, 6.07) is 2.35. The molecule has 6 heteroatoms. The van der Waals surface area contributed by atoms with E-state index in [1.165, 1.54) is 10.6 Å². The molecule has 0 aromatic carbocycles. The Morgan fingerprint density at radius 1 is 1.59 bits per heavy atom. The monoisotopic (exact) mass is 239 g/mol. The molecule has 0 fully saturated rings. The average Bonchev–Trinajstić information content (AvgIpc) is 2.29. The van der Waals surface area contributed by atoms with Crippen LogP contribution in [0.3, 0.4) is 0 Å². The Hall–Kier alpha value is -1.66. The molecule has 3 N–H and O–H groups in total. The summed E-state index contributed by atoms with van der Waals surface area (Å²) in [5.74, 6) is -0.290. The molecule has 1 heterocycles. The summed E-state index contributed by atoms with van der Waals surface area (Å²) in [6.45, 7) is 2.47. The summed E-state index contributed by atoms with van der Waals surface area (Å²) in [7, 11) is 1.56. The fourth-order valence-electron chi connectivity index (χ4n) is 1.23. The highest BCUT2D eigenvalue weighted by Gasteiger charge is 2.08. The molecule has 1 atom stereocenters. The van der Waals surface area contributed by atoms with Crippen molar-refractivity contribution in [3.05, 3.63) is 28.7 Å². The number of amides is 1. The largest absolute Gasteiger partial charge is 0.383 e. The van der Waals surface area contributed by atoms with Gasteiger partial charge in [-0.3, -0.25) is 9.59 Å². The van der Waals surface area contributed by atoms with E-state index in [1.54, 1.807) is 26.3 Å². The van der Waals surface area contributed by atoms with Crippen LogP contribution in [0.2, 0.25) is 0 Å². The zero-order valence-corrected chi connectivity index (χ0v) is 9.97. The number of nitrogens with two attached hydrogens (primary N) is 1. The van der Waals surface area contributed by atoms with Crippen molar-refractivity contribution < 1.29 is 9.53 Å². The first kappa shape index (κ1) is 13.4. The number of rotatable bonds is 5. The fraction of sp³-hybridized carbons (Fsp3) is 0.455. The Morgan fingerprint density at radius 2 is 2.29 bits per heavy atom. The number of carbonyl (C=O) groups is 1. The second-order valence-electron chi connectivity index (χ2n) is 3.72. The van der Waals surface area contributed by atoms with Gasteiger partial charge in [0.25, 0.3) is 5.56 Å². The number of nitrogens with one attached hydrogen (secondary N) is 1. The Morgan fingerprint density at radius 3 is 2.88 bits per heavy atom. The topological polar surface area (TPSA) is 86.3 Å². The molecule has 94 valence electrons. The van der Waals surface area contributed by atoms with Crippen LogP contribution in [0.15, 0.2) is 23.1 Å². The van der Waals surface area contributed by atoms with Gasteiger partial charge in [0, 0.05) is 25.9 Å². The summed E-state index contributed by atoms with van der Waals surface area (Å²) in [4.78, 5) is 22.8. The number of pyridine rings is 1. The van der Waals surface area contributed by atoms with E-state index >= 15 is 0 Å². The molecular formula is C11H17N3O3. The molecule has 1 rings (SSSR count). The van der Waals surface area contributed by atoms with E-state index in [0.717, 1.165) is 0 Å². The van der Waals surface area contributed by atoms with Gasteiger partial charge in [0.2, 0.25) is 5.91 Å². The molecule has 0 aliphatic heterocycles. The lowest BCUT2D eigenvalue weighted by Crippen LogP contribution is -2.33. The molecule has 17 heavy (non-hydrogen) atoms. The SMILES string of the molecule is COCCn1cc(NC(=O)C(C)N)ccc1=O. The van der Waals surface area contributed by atoms with Crippen molar-refractivity contribution in [1.29, 1.82) is 0 Å². The minimum absolute atomic E-state index is 0.138. The first-order valence-corrected chi connectivity index (χ1v) is 5.30. The molecule has 6 nitrogen and oxygen atoms in total. The van der Waals surface area contributed by atoms with Gasteiger partial charge in [0.05, 0.1) is 18.3 Å². The van der Waals surface area contributed by atoms with E-state index in [1.807, 2.05) is 0 Å². The molecule has 1 unspecified atom stereocenters. The lowest BCUT2D eigenvalue weighted by Gasteiger charge is -2.10. The average molecular weight is 239 g/mol. The highest BCUT2D eigenvalue weighted by Crippen LogP contribution is 2.03. The number of carbonyl (C=O) groups excluding carboxylic acids is 1. The number of nitrogens with zero attached hydrogens (tertiary/aromatic N) is 1. The van der Waals surface area contributed by atoms with E-state index in [2.05, 4.69) is 5.32 Å². The number of hydrogen-bond acceptors (Lipinski definition) is 4. The molecule has 0 bridgehead atoms. The summed E-state index contributed by atoms with van der Waals surface area (Å²) in [5.41, 5.74) is 5.84. The van der Waals surface area contributed by atoms with Crippen molar-refractivity contribution in [2.24, 2.45) is 5.73 Å². The van der Waals surface area contributed by atoms with Crippen molar-refractivity contribution in [3.63, 3.8) is 0 Å². The molecule has 0 aliphatic carbocycles. The molecular weight excluding hydrogens is 222 g/mol. The van der Waals surface area contributed by atoms with Crippen molar-refractivity contribution in [2.75, 3.05) is 19.0 Å². The van der Waals surface area contributed by atoms with Gasteiger partial charge in [-0.25, -0.2) is 0 Å². The summed E-state index contributed by atoms with van der Waals surface area (Å²) < 4.78 is 6.37. The van der Waals surface area contributed by atoms with Gasteiger partial charge in [-0.15, -0.1) is 0 Å². The number of methoxy groups -OCH3 is 1. The third kappa shape index (κ3) is 4.01. The highest BCUT2D eigenvalue weighted by molar-refractivity contribution is 5.94. The zero-order chi connectivity index (χ0) is 12.8. The Bertz CT molecular complexity index is 440. The molecule has 0 saturated heterocycles. The van der Waals surface area contributed by atoms with E-state index in [4.69, 9.17) is 10.5 Å². The van der Waals surface area contributed by atoms with Gasteiger partial charge in [0.1, 0.15) is 0 Å². The maximum Gasteiger partial charge on any atom is 0.250 e. The van der Waals surface area contributed by atoms with Crippen LogP contribution in [-0.2, 0) is 16.1 Å². The molecule has 1 aromatic rings. The Labute approximate surface area is 99.4 Å². The lowest BCUT2D eigenvalue weighted by molar-refractivity contribution is -0.117. The van der Waals surface area contributed by atoms with Gasteiger partial charge in [-0.1, -0.05) is 0 Å². The lowest BCUT2D eigenvalue weighted by atomic mass is 10.3. The van der Waals surface area contributed by atoms with Crippen LogP contribution in [-0.4, -0.2) is 30.2 Å². The van der Waals surface area contributed by atoms with Crippen LogP contribution in [0.4, 0.5) is 5.69 Å². The molecule has 1 aromatic heterocycles. The Balaban J connectivity index is 2.81. The summed E-state index contributed by atoms with van der Waals surface area (Å²) in [5, 5.41) is 2.62. The number of anilines is 1. The third-order valence-corrected chi connectivity index (χ3v) is 2.20. The number of hydrogen-bond donors (Lipinski definition) is 2. The number of aromatic nitrogens is 1. The predicted molar refractivity (Wildman–Crippen MR) is 64.9 cm³/mol. The van der Waals surface area contributed by atoms with Crippen LogP contribution in [0.5, 0.6) is 0 Å². The smallest absolute Gasteiger partial charge is 0.250 e. The van der Waals surface area contributed by atoms with Gasteiger partial charge in [-0.05, 0) is 13.0 Å². The van der Waals surface area contributed by atoms with Crippen LogP contribution < -0.4 is 16.6 Å². The summed E-state index contributed by atoms with van der Waals surface area (Å²) in [6.07, 6.45) is 1.57. The van der Waals surface area contributed by atoms with E-state index < -0.39 is 6.04 Å². The van der Waals surface area contributed by atoms with E-state index in [9.17, 15) is 9.59 Å². The minimum Gasteiger partial charge on any atom is -0.383 e. The van der Waals surface area contributed by atoms with Crippen LogP contribution in [0.25, 0.3) is 0 Å². The van der Waals surface area contributed by atoms with Crippen LogP contribution in [0.1, 0.15) is 6.92 Å². The zero-order valence-electron chi connectivity index (χ0n) is 9.97. The van der Waals surface area contributed by atoms with Crippen molar-refractivity contribution in [1.82, 2.24) is 4.57 Å². The second-order valence-corrected chi connectivity index (χ2v) is 3.72. The van der Waals surface area contributed by atoms with Crippen molar-refractivity contribution in [3.8, 4) is 0 Å². The van der Waals surface area contributed by atoms with Crippen molar-refractivity contribution >= 4 is 11.6 Å². The maximum atomic E-state index is 11.5. The first-order valence-electron chi connectivity index (χ1n) is 5.30. The third-order valence-electron chi connectivity index (χ3n) is 2.20. The van der Waals surface area contributed by atoms with Gasteiger partial charge in [0.15, 0.2) is 0 Å². The molecule has 0 saturated carbocycles. The number of ether oxygens (including phenoxy) is 1. The standard InChI is InChI=1S/C11H17N3O3/c1-8(12)11(16)13-9-3-4-10(15)14(7-9)5-6-17-2/h3-4,7-8H,5-6,12H2,1-2H3,(H,13,16). The van der Waals surface area contributed by atoms with Crippen LogP contribution in [0, 0.1) is 0 Å². The molecule has 0 spiro atoms. The Kier molecular flexibility index (Phi) is 4.86.